The van der Waals surface area contributed by atoms with E-state index in [0.29, 0.717) is 42.5 Å². The first kappa shape index (κ1) is 19.5. The average molecular weight is 394 g/mol. The third-order valence-electron chi connectivity index (χ3n) is 4.67. The third-order valence-corrected chi connectivity index (χ3v) is 5.58. The molecule has 1 unspecified atom stereocenters. The number of likely N-dealkylation sites (tertiary alicyclic amines) is 1. The summed E-state index contributed by atoms with van der Waals surface area (Å²) in [6, 6.07) is 5.06. The minimum Gasteiger partial charge on any atom is -0.492 e. The summed E-state index contributed by atoms with van der Waals surface area (Å²) >= 11 is 0. The molecular formula is C18H26N4O4S. The van der Waals surface area contributed by atoms with Crippen LogP contribution >= 0.6 is 0 Å². The topological polar surface area (TPSA) is 114 Å². The van der Waals surface area contributed by atoms with Crippen molar-refractivity contribution in [1.29, 1.82) is 0 Å². The molecule has 2 aliphatic rings. The molecule has 3 N–H and O–H groups in total. The number of ether oxygens (including phenoxy) is 1. The first-order valence-electron chi connectivity index (χ1n) is 9.17. The predicted octanol–water partition coefficient (Wildman–Crippen LogP) is 1.73. The summed E-state index contributed by atoms with van der Waals surface area (Å²) in [7, 11) is -3.81. The fourth-order valence-corrected chi connectivity index (χ4v) is 4.30. The van der Waals surface area contributed by atoms with Crippen molar-refractivity contribution in [2.45, 2.75) is 33.1 Å². The number of carbonyl (C=O) groups is 1. The fraction of sp³-hybridized carbons (Fsp3) is 0.556. The molecule has 3 rings (SSSR count). The molecular weight excluding hydrogens is 368 g/mol. The van der Waals surface area contributed by atoms with Crippen LogP contribution in [0.3, 0.4) is 0 Å². The lowest BCUT2D eigenvalue weighted by atomic mass is 9.98. The molecule has 8 nitrogen and oxygen atoms in total. The number of hydrogen-bond donors (Lipinski definition) is 2. The number of amidine groups is 1. The maximum atomic E-state index is 12.3. The molecule has 1 fully saturated rings. The number of rotatable bonds is 5. The molecule has 1 amide bonds. The van der Waals surface area contributed by atoms with Gasteiger partial charge in [0.25, 0.3) is 0 Å². The number of nitrogens with one attached hydrogen (secondary N) is 1. The van der Waals surface area contributed by atoms with Crippen LogP contribution in [0, 0.1) is 11.8 Å². The standard InChI is InChI=1S/C18H26N4O4S/c1-12(2)9-16(23)22-8-4-5-13(10-22)11-26-15-7-3-6-14-17(15)18(19)21-27(24,25)20-14/h3,6-7,12-13,20H,4-5,8-11H2,1-2H3,(H2,19,21). The normalized spacial score (nSPS) is 21.2. The SMILES string of the molecule is CC(C)CC(=O)N1CCCC(COc2cccc3c2C(N)=NS(=O)(=O)N3)C1. The highest BCUT2D eigenvalue weighted by Gasteiger charge is 2.27. The summed E-state index contributed by atoms with van der Waals surface area (Å²) in [6.07, 6.45) is 2.50. The lowest BCUT2D eigenvalue weighted by Gasteiger charge is -2.33. The Morgan fingerprint density at radius 3 is 2.96 bits per heavy atom. The number of anilines is 1. The molecule has 1 aromatic rings. The molecule has 2 heterocycles. The van der Waals surface area contributed by atoms with E-state index in [1.165, 1.54) is 0 Å². The van der Waals surface area contributed by atoms with Gasteiger partial charge in [-0.25, -0.2) is 0 Å². The van der Waals surface area contributed by atoms with E-state index < -0.39 is 10.2 Å². The van der Waals surface area contributed by atoms with Gasteiger partial charge < -0.3 is 15.4 Å². The van der Waals surface area contributed by atoms with Crippen LogP contribution in [0.15, 0.2) is 22.6 Å². The second kappa shape index (κ2) is 7.75. The highest BCUT2D eigenvalue weighted by atomic mass is 32.2. The molecule has 1 saturated heterocycles. The van der Waals surface area contributed by atoms with Crippen LogP contribution in [-0.2, 0) is 15.0 Å². The van der Waals surface area contributed by atoms with Crippen LogP contribution in [0.4, 0.5) is 5.69 Å². The summed E-state index contributed by atoms with van der Waals surface area (Å²) < 4.78 is 35.1. The Balaban J connectivity index is 1.67. The number of nitrogens with zero attached hydrogens (tertiary/aromatic N) is 2. The molecule has 0 aromatic heterocycles. The summed E-state index contributed by atoms with van der Waals surface area (Å²) in [6.45, 7) is 5.99. The van der Waals surface area contributed by atoms with E-state index in [1.54, 1.807) is 18.2 Å². The van der Waals surface area contributed by atoms with Gasteiger partial charge in [-0.2, -0.15) is 8.42 Å². The Labute approximate surface area is 160 Å². The van der Waals surface area contributed by atoms with Crippen molar-refractivity contribution >= 4 is 27.6 Å². The van der Waals surface area contributed by atoms with Gasteiger partial charge >= 0.3 is 10.2 Å². The zero-order valence-corrected chi connectivity index (χ0v) is 16.5. The lowest BCUT2D eigenvalue weighted by Crippen LogP contribution is -2.42. The number of piperidine rings is 1. The van der Waals surface area contributed by atoms with Crippen molar-refractivity contribution in [2.75, 3.05) is 24.4 Å². The summed E-state index contributed by atoms with van der Waals surface area (Å²) in [4.78, 5) is 14.2. The highest BCUT2D eigenvalue weighted by molar-refractivity contribution is 7.91. The van der Waals surface area contributed by atoms with Gasteiger partial charge in [0.05, 0.1) is 17.9 Å². The molecule has 2 aliphatic heterocycles. The van der Waals surface area contributed by atoms with Gasteiger partial charge in [-0.1, -0.05) is 19.9 Å². The number of nitrogens with two attached hydrogens (primary N) is 1. The zero-order valence-electron chi connectivity index (χ0n) is 15.6. The van der Waals surface area contributed by atoms with Crippen LogP contribution in [0.1, 0.15) is 38.7 Å². The number of hydrogen-bond acceptors (Lipinski definition) is 5. The van der Waals surface area contributed by atoms with E-state index in [-0.39, 0.29) is 17.7 Å². The smallest absolute Gasteiger partial charge is 0.344 e. The minimum atomic E-state index is -3.81. The summed E-state index contributed by atoms with van der Waals surface area (Å²) in [5.41, 5.74) is 6.65. The van der Waals surface area contributed by atoms with Crippen LogP contribution in [0.2, 0.25) is 0 Å². The Morgan fingerprint density at radius 1 is 1.44 bits per heavy atom. The average Bonchev–Trinajstić information content (AvgIpc) is 2.58. The molecule has 0 bridgehead atoms. The Kier molecular flexibility index (Phi) is 5.59. The summed E-state index contributed by atoms with van der Waals surface area (Å²) in [5.74, 6) is 1.16. The van der Waals surface area contributed by atoms with E-state index in [9.17, 15) is 13.2 Å². The quantitative estimate of drug-likeness (QED) is 0.789. The third kappa shape index (κ3) is 4.71. The molecule has 148 valence electrons. The van der Waals surface area contributed by atoms with Crippen LogP contribution < -0.4 is 15.2 Å². The Bertz CT molecular complexity index is 851. The minimum absolute atomic E-state index is 0.0864. The fourth-order valence-electron chi connectivity index (χ4n) is 3.45. The van der Waals surface area contributed by atoms with E-state index in [1.807, 2.05) is 18.7 Å². The van der Waals surface area contributed by atoms with Crippen molar-refractivity contribution in [1.82, 2.24) is 4.90 Å². The van der Waals surface area contributed by atoms with Crippen LogP contribution in [0.25, 0.3) is 0 Å². The van der Waals surface area contributed by atoms with E-state index in [2.05, 4.69) is 9.12 Å². The van der Waals surface area contributed by atoms with Gasteiger partial charge in [-0.15, -0.1) is 4.40 Å². The Hall–Kier alpha value is -2.29. The van der Waals surface area contributed by atoms with E-state index >= 15 is 0 Å². The second-order valence-corrected chi connectivity index (χ2v) is 8.83. The zero-order chi connectivity index (χ0) is 19.6. The Morgan fingerprint density at radius 2 is 2.22 bits per heavy atom. The maximum absolute atomic E-state index is 12.3. The number of benzene rings is 1. The van der Waals surface area contributed by atoms with Crippen molar-refractivity contribution in [3.63, 3.8) is 0 Å². The molecule has 27 heavy (non-hydrogen) atoms. The van der Waals surface area contributed by atoms with Crippen molar-refractivity contribution in [3.8, 4) is 5.75 Å². The molecule has 9 heteroatoms. The molecule has 0 saturated carbocycles. The first-order valence-corrected chi connectivity index (χ1v) is 10.6. The largest absolute Gasteiger partial charge is 0.492 e. The van der Waals surface area contributed by atoms with Crippen molar-refractivity contribution < 1.29 is 17.9 Å². The molecule has 0 radical (unpaired) electrons. The van der Waals surface area contributed by atoms with Crippen LogP contribution in [0.5, 0.6) is 5.75 Å². The van der Waals surface area contributed by atoms with Gasteiger partial charge in [0.1, 0.15) is 5.75 Å². The molecule has 1 atom stereocenters. The second-order valence-electron chi connectivity index (χ2n) is 7.49. The van der Waals surface area contributed by atoms with Gasteiger partial charge in [-0.3, -0.25) is 9.52 Å². The monoisotopic (exact) mass is 394 g/mol. The van der Waals surface area contributed by atoms with Gasteiger partial charge in [0, 0.05) is 25.4 Å². The van der Waals surface area contributed by atoms with Crippen molar-refractivity contribution in [2.24, 2.45) is 22.0 Å². The molecule has 1 aromatic carbocycles. The molecule has 0 spiro atoms. The summed E-state index contributed by atoms with van der Waals surface area (Å²) in [5, 5.41) is 0. The number of fused-ring (bicyclic) bond motifs is 1. The highest BCUT2D eigenvalue weighted by Crippen LogP contribution is 2.31. The van der Waals surface area contributed by atoms with Crippen molar-refractivity contribution in [3.05, 3.63) is 23.8 Å². The number of amides is 1. The predicted molar refractivity (Wildman–Crippen MR) is 104 cm³/mol. The first-order chi connectivity index (χ1) is 12.7. The van der Waals surface area contributed by atoms with E-state index in [0.717, 1.165) is 19.4 Å². The lowest BCUT2D eigenvalue weighted by molar-refractivity contribution is -0.134. The maximum Gasteiger partial charge on any atom is 0.344 e. The van der Waals surface area contributed by atoms with Gasteiger partial charge in [-0.05, 0) is 30.9 Å². The van der Waals surface area contributed by atoms with E-state index in [4.69, 9.17) is 10.5 Å². The number of carbonyl (C=O) groups excluding carboxylic acids is 1. The molecule has 0 aliphatic carbocycles. The van der Waals surface area contributed by atoms with Crippen LogP contribution in [-0.4, -0.2) is 44.8 Å². The van der Waals surface area contributed by atoms with Gasteiger partial charge in [0.2, 0.25) is 5.91 Å². The van der Waals surface area contributed by atoms with Gasteiger partial charge in [0.15, 0.2) is 5.84 Å².